The van der Waals surface area contributed by atoms with Crippen molar-refractivity contribution in [2.24, 2.45) is 0 Å². The number of nitrogens with zero attached hydrogens (tertiary/aromatic N) is 2. The van der Waals surface area contributed by atoms with Crippen LogP contribution in [0.25, 0.3) is 0 Å². The molecule has 0 saturated carbocycles. The van der Waals surface area contributed by atoms with Gasteiger partial charge in [-0.1, -0.05) is 18.1 Å². The second kappa shape index (κ2) is 7.44. The molecule has 1 amide bonds. The number of nitrogens with one attached hydrogen (secondary N) is 1. The lowest BCUT2D eigenvalue weighted by Gasteiger charge is -2.24. The van der Waals surface area contributed by atoms with Crippen LogP contribution in [0.3, 0.4) is 0 Å². The summed E-state index contributed by atoms with van der Waals surface area (Å²) in [5.74, 6) is 2.49. The summed E-state index contributed by atoms with van der Waals surface area (Å²) < 4.78 is 1.18. The minimum Gasteiger partial charge on any atom is -0.312 e. The smallest absolute Gasteiger partial charge is 0.238 e. The SMILES string of the molecule is C#C[C@@H]1CC[C@@H](C#N)N1C(=O)CNCc1ccc(I)cc1. The van der Waals surface area contributed by atoms with Crippen molar-refractivity contribution in [2.75, 3.05) is 6.54 Å². The van der Waals surface area contributed by atoms with E-state index >= 15 is 0 Å². The molecule has 1 fully saturated rings. The highest BCUT2D eigenvalue weighted by molar-refractivity contribution is 14.1. The minimum atomic E-state index is -0.390. The Morgan fingerprint density at radius 2 is 2.05 bits per heavy atom. The number of hydrogen-bond donors (Lipinski definition) is 1. The molecule has 2 rings (SSSR count). The number of likely N-dealkylation sites (tertiary alicyclic amines) is 1. The van der Waals surface area contributed by atoms with Gasteiger partial charge in [-0.25, -0.2) is 0 Å². The van der Waals surface area contributed by atoms with Crippen molar-refractivity contribution in [1.82, 2.24) is 10.2 Å². The standard InChI is InChI=1S/C16H16IN3O/c1-2-14-7-8-15(9-18)20(14)16(21)11-19-10-12-3-5-13(17)6-4-12/h1,3-6,14-15,19H,7-8,10-11H2/t14-,15+/m1/s1. The Labute approximate surface area is 138 Å². The molecule has 108 valence electrons. The maximum absolute atomic E-state index is 12.2. The fourth-order valence-corrected chi connectivity index (χ4v) is 2.82. The zero-order valence-corrected chi connectivity index (χ0v) is 13.7. The number of hydrogen-bond acceptors (Lipinski definition) is 3. The molecule has 5 heteroatoms. The van der Waals surface area contributed by atoms with E-state index in [1.54, 1.807) is 4.90 Å². The largest absolute Gasteiger partial charge is 0.312 e. The molecule has 1 saturated heterocycles. The van der Waals surface area contributed by atoms with Gasteiger partial charge in [0.2, 0.25) is 5.91 Å². The highest BCUT2D eigenvalue weighted by atomic mass is 127. The van der Waals surface area contributed by atoms with Crippen molar-refractivity contribution in [2.45, 2.75) is 31.5 Å². The van der Waals surface area contributed by atoms with Crippen LogP contribution in [0.1, 0.15) is 18.4 Å². The normalized spacial score (nSPS) is 20.8. The molecule has 0 radical (unpaired) electrons. The molecular formula is C16H16IN3O. The molecule has 0 aromatic heterocycles. The molecule has 0 spiro atoms. The van der Waals surface area contributed by atoms with Gasteiger partial charge in [-0.2, -0.15) is 5.26 Å². The summed E-state index contributed by atoms with van der Waals surface area (Å²) in [6.45, 7) is 0.816. The van der Waals surface area contributed by atoms with E-state index in [9.17, 15) is 4.79 Å². The minimum absolute atomic E-state index is 0.104. The summed E-state index contributed by atoms with van der Waals surface area (Å²) in [7, 11) is 0. The average molecular weight is 393 g/mol. The summed E-state index contributed by atoms with van der Waals surface area (Å²) in [6.07, 6.45) is 6.81. The lowest BCUT2D eigenvalue weighted by atomic mass is 10.2. The highest BCUT2D eigenvalue weighted by Gasteiger charge is 2.35. The van der Waals surface area contributed by atoms with E-state index in [4.69, 9.17) is 11.7 Å². The van der Waals surface area contributed by atoms with Crippen molar-refractivity contribution in [1.29, 1.82) is 5.26 Å². The molecular weight excluding hydrogens is 377 g/mol. The molecule has 1 aliphatic heterocycles. The number of carbonyl (C=O) groups is 1. The molecule has 2 atom stereocenters. The van der Waals surface area contributed by atoms with Gasteiger partial charge in [0.25, 0.3) is 0 Å². The predicted octanol–water partition coefficient (Wildman–Crippen LogP) is 1.90. The van der Waals surface area contributed by atoms with Gasteiger partial charge in [0.1, 0.15) is 6.04 Å². The zero-order chi connectivity index (χ0) is 15.2. The molecule has 1 aliphatic rings. The van der Waals surface area contributed by atoms with Gasteiger partial charge in [-0.05, 0) is 53.1 Å². The van der Waals surface area contributed by atoms with Gasteiger partial charge in [0.15, 0.2) is 0 Å². The number of amides is 1. The predicted molar refractivity (Wildman–Crippen MR) is 89.0 cm³/mol. The molecule has 0 unspecified atom stereocenters. The van der Waals surface area contributed by atoms with Crippen LogP contribution < -0.4 is 5.32 Å². The van der Waals surface area contributed by atoms with Crippen LogP contribution in [0.15, 0.2) is 24.3 Å². The highest BCUT2D eigenvalue weighted by Crippen LogP contribution is 2.23. The first kappa shape index (κ1) is 15.8. The lowest BCUT2D eigenvalue weighted by molar-refractivity contribution is -0.131. The quantitative estimate of drug-likeness (QED) is 0.628. The maximum Gasteiger partial charge on any atom is 0.238 e. The van der Waals surface area contributed by atoms with E-state index in [0.717, 1.165) is 5.56 Å². The number of benzene rings is 1. The molecule has 1 aromatic carbocycles. The number of halogens is 1. The molecule has 4 nitrogen and oxygen atoms in total. The molecule has 1 heterocycles. The summed E-state index contributed by atoms with van der Waals surface area (Å²) >= 11 is 2.25. The third-order valence-electron chi connectivity index (χ3n) is 3.53. The molecule has 0 bridgehead atoms. The number of nitriles is 1. The van der Waals surface area contributed by atoms with Gasteiger partial charge in [0.05, 0.1) is 18.7 Å². The second-order valence-corrected chi connectivity index (χ2v) is 6.18. The summed E-state index contributed by atoms with van der Waals surface area (Å²) in [5, 5.41) is 12.2. The van der Waals surface area contributed by atoms with Gasteiger partial charge in [-0.15, -0.1) is 6.42 Å². The van der Waals surface area contributed by atoms with Crippen LogP contribution in [-0.2, 0) is 11.3 Å². The van der Waals surface area contributed by atoms with Crippen molar-refractivity contribution in [3.8, 4) is 18.4 Å². The fraction of sp³-hybridized carbons (Fsp3) is 0.375. The number of terminal acetylenes is 1. The molecule has 0 aliphatic carbocycles. The Morgan fingerprint density at radius 3 is 2.67 bits per heavy atom. The average Bonchev–Trinajstić information content (AvgIpc) is 2.92. The molecule has 21 heavy (non-hydrogen) atoms. The number of carbonyl (C=O) groups excluding carboxylic acids is 1. The third kappa shape index (κ3) is 3.96. The van der Waals surface area contributed by atoms with Gasteiger partial charge in [-0.3, -0.25) is 4.79 Å². The van der Waals surface area contributed by atoms with Crippen molar-refractivity contribution < 1.29 is 4.79 Å². The monoisotopic (exact) mass is 393 g/mol. The fourth-order valence-electron chi connectivity index (χ4n) is 2.46. The van der Waals surface area contributed by atoms with Gasteiger partial charge >= 0.3 is 0 Å². The van der Waals surface area contributed by atoms with E-state index < -0.39 is 6.04 Å². The first-order chi connectivity index (χ1) is 10.2. The van der Waals surface area contributed by atoms with Gasteiger partial charge in [0, 0.05) is 10.1 Å². The first-order valence-corrected chi connectivity index (χ1v) is 7.85. The van der Waals surface area contributed by atoms with Crippen molar-refractivity contribution >= 4 is 28.5 Å². The van der Waals surface area contributed by atoms with Crippen LogP contribution >= 0.6 is 22.6 Å². The Bertz CT molecular complexity index is 563. The summed E-state index contributed by atoms with van der Waals surface area (Å²) in [6, 6.07) is 9.62. The van der Waals surface area contributed by atoms with Crippen LogP contribution in [0.5, 0.6) is 0 Å². The Morgan fingerprint density at radius 1 is 1.38 bits per heavy atom. The van der Waals surface area contributed by atoms with E-state index in [-0.39, 0.29) is 18.5 Å². The van der Waals surface area contributed by atoms with Crippen molar-refractivity contribution in [3.63, 3.8) is 0 Å². The Balaban J connectivity index is 1.88. The Kier molecular flexibility index (Phi) is 5.60. The van der Waals surface area contributed by atoms with Crippen LogP contribution in [0.4, 0.5) is 0 Å². The first-order valence-electron chi connectivity index (χ1n) is 6.77. The molecule has 1 aromatic rings. The number of rotatable bonds is 4. The van der Waals surface area contributed by atoms with Crippen LogP contribution in [-0.4, -0.2) is 29.4 Å². The van der Waals surface area contributed by atoms with E-state index in [1.807, 2.05) is 24.3 Å². The maximum atomic E-state index is 12.2. The van der Waals surface area contributed by atoms with E-state index in [2.05, 4.69) is 39.9 Å². The molecule has 1 N–H and O–H groups in total. The van der Waals surface area contributed by atoms with E-state index in [1.165, 1.54) is 3.57 Å². The van der Waals surface area contributed by atoms with Crippen LogP contribution in [0.2, 0.25) is 0 Å². The zero-order valence-electron chi connectivity index (χ0n) is 11.6. The lowest BCUT2D eigenvalue weighted by Crippen LogP contribution is -2.44. The van der Waals surface area contributed by atoms with E-state index in [0.29, 0.717) is 19.4 Å². The Hall–Kier alpha value is -1.57. The van der Waals surface area contributed by atoms with Gasteiger partial charge < -0.3 is 10.2 Å². The van der Waals surface area contributed by atoms with Crippen LogP contribution in [0, 0.1) is 27.2 Å². The topological polar surface area (TPSA) is 56.1 Å². The summed E-state index contributed by atoms with van der Waals surface area (Å²) in [4.78, 5) is 13.8. The van der Waals surface area contributed by atoms with Crippen molar-refractivity contribution in [3.05, 3.63) is 33.4 Å². The second-order valence-electron chi connectivity index (χ2n) is 4.94. The third-order valence-corrected chi connectivity index (χ3v) is 4.25. The summed E-state index contributed by atoms with van der Waals surface area (Å²) in [5.41, 5.74) is 1.12.